The maximum atomic E-state index is 12.6. The highest BCUT2D eigenvalue weighted by Crippen LogP contribution is 2.15. The van der Waals surface area contributed by atoms with Crippen molar-refractivity contribution in [1.29, 1.82) is 5.26 Å². The Kier molecular flexibility index (Phi) is 6.96. The molecule has 1 aliphatic heterocycles. The van der Waals surface area contributed by atoms with Gasteiger partial charge in [-0.3, -0.25) is 14.6 Å². The van der Waals surface area contributed by atoms with E-state index in [1.165, 1.54) is 5.56 Å². The molecule has 1 saturated heterocycles. The summed E-state index contributed by atoms with van der Waals surface area (Å²) in [5.74, 6) is -0.0693. The summed E-state index contributed by atoms with van der Waals surface area (Å²) in [7, 11) is 0. The van der Waals surface area contributed by atoms with Crippen molar-refractivity contribution in [3.63, 3.8) is 0 Å². The van der Waals surface area contributed by atoms with E-state index in [9.17, 15) is 4.79 Å². The summed E-state index contributed by atoms with van der Waals surface area (Å²) in [5.41, 5.74) is 2.27. The van der Waals surface area contributed by atoms with Gasteiger partial charge in [0.25, 0.3) is 0 Å². The summed E-state index contributed by atoms with van der Waals surface area (Å²) in [6.07, 6.45) is 4.34. The van der Waals surface area contributed by atoms with Gasteiger partial charge in [-0.25, -0.2) is 0 Å². The number of benzene rings is 2. The molecule has 1 amide bonds. The fourth-order valence-electron chi connectivity index (χ4n) is 3.33. The lowest BCUT2D eigenvalue weighted by atomic mass is 10.1. The smallest absolute Gasteiger partial charge is 0.241 e. The lowest BCUT2D eigenvalue weighted by Crippen LogP contribution is -2.52. The van der Waals surface area contributed by atoms with Crippen LogP contribution in [-0.2, 0) is 4.79 Å². The van der Waals surface area contributed by atoms with E-state index >= 15 is 0 Å². The van der Waals surface area contributed by atoms with E-state index in [0.29, 0.717) is 11.3 Å². The summed E-state index contributed by atoms with van der Waals surface area (Å²) in [6.45, 7) is 6.42. The van der Waals surface area contributed by atoms with Crippen LogP contribution in [-0.4, -0.2) is 54.5 Å². The predicted molar refractivity (Wildman–Crippen MR) is 113 cm³/mol. The maximum absolute atomic E-state index is 12.6. The predicted octanol–water partition coefficient (Wildman–Crippen LogP) is 3.22. The number of nitrogens with one attached hydrogen (secondary N) is 1. The number of hydrogen-bond donors (Lipinski definition) is 1. The molecule has 0 unspecified atom stereocenters. The Bertz CT molecular complexity index is 848. The molecule has 0 radical (unpaired) electrons. The Balaban J connectivity index is 1.47. The largest absolute Gasteiger partial charge is 0.324 e. The first-order valence-electron chi connectivity index (χ1n) is 9.65. The fourth-order valence-corrected chi connectivity index (χ4v) is 3.33. The van der Waals surface area contributed by atoms with Gasteiger partial charge in [-0.15, -0.1) is 0 Å². The summed E-state index contributed by atoms with van der Waals surface area (Å²) >= 11 is 0. The Morgan fingerprint density at radius 2 is 1.79 bits per heavy atom. The Hall–Kier alpha value is -2.94. The normalized spacial score (nSPS) is 16.6. The van der Waals surface area contributed by atoms with Crippen molar-refractivity contribution in [2.75, 3.05) is 38.0 Å². The van der Waals surface area contributed by atoms with Crippen molar-refractivity contribution in [3.05, 3.63) is 71.8 Å². The summed E-state index contributed by atoms with van der Waals surface area (Å²) in [5, 5.41) is 12.1. The molecule has 5 heteroatoms. The molecule has 144 valence electrons. The highest BCUT2D eigenvalue weighted by atomic mass is 16.2. The first-order valence-corrected chi connectivity index (χ1v) is 9.65. The van der Waals surface area contributed by atoms with Crippen molar-refractivity contribution >= 4 is 17.7 Å². The zero-order valence-corrected chi connectivity index (χ0v) is 16.2. The molecule has 5 nitrogen and oxygen atoms in total. The number of hydrogen-bond acceptors (Lipinski definition) is 4. The number of amides is 1. The molecule has 0 bridgehead atoms. The third kappa shape index (κ3) is 5.29. The summed E-state index contributed by atoms with van der Waals surface area (Å²) in [4.78, 5) is 17.2. The van der Waals surface area contributed by atoms with E-state index in [1.807, 2.05) is 31.2 Å². The second-order valence-corrected chi connectivity index (χ2v) is 6.97. The van der Waals surface area contributed by atoms with Gasteiger partial charge in [0, 0.05) is 32.7 Å². The number of para-hydroxylation sites is 1. The van der Waals surface area contributed by atoms with Crippen molar-refractivity contribution in [1.82, 2.24) is 9.80 Å². The monoisotopic (exact) mass is 374 g/mol. The van der Waals surface area contributed by atoms with Gasteiger partial charge in [0.1, 0.15) is 6.07 Å². The molecule has 1 N–H and O–H groups in total. The molecular weight excluding hydrogens is 348 g/mol. The number of nitrogens with zero attached hydrogens (tertiary/aromatic N) is 3. The molecule has 0 aromatic heterocycles. The van der Waals surface area contributed by atoms with E-state index in [1.54, 1.807) is 18.2 Å². The van der Waals surface area contributed by atoms with Gasteiger partial charge in [0.15, 0.2) is 0 Å². The van der Waals surface area contributed by atoms with E-state index in [4.69, 9.17) is 5.26 Å². The second kappa shape index (κ2) is 9.84. The maximum Gasteiger partial charge on any atom is 0.241 e. The number of carbonyl (C=O) groups is 1. The topological polar surface area (TPSA) is 59.4 Å². The average Bonchev–Trinajstić information content (AvgIpc) is 2.75. The van der Waals surface area contributed by atoms with Gasteiger partial charge in [-0.05, 0) is 24.6 Å². The minimum Gasteiger partial charge on any atom is -0.324 e. The first-order chi connectivity index (χ1) is 13.7. The standard InChI is InChI=1S/C23H26N4O/c1-19(23(28)25-22-12-6-5-11-21(22)18-24)27-16-14-26(15-17-27)13-7-10-20-8-3-2-4-9-20/h2-12,19H,13-17H2,1H3,(H,25,28)/b10-7+/t19-/m1/s1. The minimum atomic E-state index is -0.228. The quantitative estimate of drug-likeness (QED) is 0.843. The second-order valence-electron chi connectivity index (χ2n) is 6.97. The molecule has 2 aromatic carbocycles. The van der Waals surface area contributed by atoms with Gasteiger partial charge in [-0.2, -0.15) is 5.26 Å². The fraction of sp³-hybridized carbons (Fsp3) is 0.304. The van der Waals surface area contributed by atoms with Crippen molar-refractivity contribution in [2.45, 2.75) is 13.0 Å². The SMILES string of the molecule is C[C@H](C(=O)Nc1ccccc1C#N)N1CCN(C/C=C/c2ccccc2)CC1. The molecule has 1 fully saturated rings. The zero-order chi connectivity index (χ0) is 19.8. The van der Waals surface area contributed by atoms with Gasteiger partial charge in [-0.1, -0.05) is 54.6 Å². The van der Waals surface area contributed by atoms with E-state index in [0.717, 1.165) is 32.7 Å². The van der Waals surface area contributed by atoms with Gasteiger partial charge >= 0.3 is 0 Å². The lowest BCUT2D eigenvalue weighted by Gasteiger charge is -2.37. The molecule has 0 aliphatic carbocycles. The number of piperazine rings is 1. The molecule has 0 saturated carbocycles. The number of anilines is 1. The van der Waals surface area contributed by atoms with E-state index in [-0.39, 0.29) is 11.9 Å². The number of nitriles is 1. The third-order valence-electron chi connectivity index (χ3n) is 5.11. The van der Waals surface area contributed by atoms with Crippen molar-refractivity contribution < 1.29 is 4.79 Å². The molecule has 1 heterocycles. The van der Waals surface area contributed by atoms with Crippen LogP contribution >= 0.6 is 0 Å². The van der Waals surface area contributed by atoms with Crippen LogP contribution < -0.4 is 5.32 Å². The van der Waals surface area contributed by atoms with Crippen LogP contribution in [0.15, 0.2) is 60.7 Å². The van der Waals surface area contributed by atoms with E-state index < -0.39 is 0 Å². The van der Waals surface area contributed by atoms with Crippen LogP contribution in [0.2, 0.25) is 0 Å². The van der Waals surface area contributed by atoms with Crippen LogP contribution in [0.1, 0.15) is 18.1 Å². The van der Waals surface area contributed by atoms with Crippen LogP contribution in [0.25, 0.3) is 6.08 Å². The van der Waals surface area contributed by atoms with Crippen molar-refractivity contribution in [3.8, 4) is 6.07 Å². The average molecular weight is 374 g/mol. The summed E-state index contributed by atoms with van der Waals surface area (Å²) < 4.78 is 0. The van der Waals surface area contributed by atoms with E-state index in [2.05, 4.69) is 45.5 Å². The zero-order valence-electron chi connectivity index (χ0n) is 16.2. The number of carbonyl (C=O) groups excluding carboxylic acids is 1. The van der Waals surface area contributed by atoms with Crippen LogP contribution in [0.5, 0.6) is 0 Å². The van der Waals surface area contributed by atoms with Crippen LogP contribution in [0, 0.1) is 11.3 Å². The molecule has 3 rings (SSSR count). The highest BCUT2D eigenvalue weighted by molar-refractivity contribution is 5.95. The lowest BCUT2D eigenvalue weighted by molar-refractivity contribution is -0.121. The number of rotatable bonds is 6. The molecular formula is C23H26N4O. The third-order valence-corrected chi connectivity index (χ3v) is 5.11. The Morgan fingerprint density at radius 3 is 2.50 bits per heavy atom. The molecule has 28 heavy (non-hydrogen) atoms. The minimum absolute atomic E-state index is 0.0693. The van der Waals surface area contributed by atoms with Crippen LogP contribution in [0.3, 0.4) is 0 Å². The molecule has 0 spiro atoms. The Labute approximate surface area is 166 Å². The molecule has 2 aromatic rings. The van der Waals surface area contributed by atoms with Gasteiger partial charge in [0.05, 0.1) is 17.3 Å². The first kappa shape index (κ1) is 19.8. The summed E-state index contributed by atoms with van der Waals surface area (Å²) in [6, 6.07) is 19.3. The molecule has 1 aliphatic rings. The van der Waals surface area contributed by atoms with Gasteiger partial charge < -0.3 is 5.32 Å². The van der Waals surface area contributed by atoms with Crippen molar-refractivity contribution in [2.24, 2.45) is 0 Å². The highest BCUT2D eigenvalue weighted by Gasteiger charge is 2.25. The molecule has 1 atom stereocenters. The Morgan fingerprint density at radius 1 is 1.11 bits per heavy atom. The van der Waals surface area contributed by atoms with Crippen LogP contribution in [0.4, 0.5) is 5.69 Å². The van der Waals surface area contributed by atoms with Gasteiger partial charge in [0.2, 0.25) is 5.91 Å².